The maximum atomic E-state index is 5.21. The Morgan fingerprint density at radius 2 is 1.16 bits per heavy atom. The van der Waals surface area contributed by atoms with E-state index in [-0.39, 0.29) is 52.4 Å². The van der Waals surface area contributed by atoms with Gasteiger partial charge in [-0.1, -0.05) is 119 Å². The molecule has 0 saturated carbocycles. The van der Waals surface area contributed by atoms with Gasteiger partial charge >= 0.3 is 21.7 Å². The number of nitrogens with zero attached hydrogens (tertiary/aromatic N) is 1. The second-order valence-electron chi connectivity index (χ2n) is 9.53. The molecule has 0 amide bonds. The fourth-order valence-corrected chi connectivity index (χ4v) is 5.87. The summed E-state index contributed by atoms with van der Waals surface area (Å²) in [6.07, 6.45) is 0. The Morgan fingerprint density at radius 1 is 0.622 bits per heavy atom. The van der Waals surface area contributed by atoms with Crippen molar-refractivity contribution < 1.29 is 46.5 Å². The molecule has 0 saturated heterocycles. The van der Waals surface area contributed by atoms with Crippen LogP contribution in [-0.2, 0) is 28.3 Å². The summed E-state index contributed by atoms with van der Waals surface area (Å²) in [5, 5.41) is 7.78. The maximum absolute atomic E-state index is 5.21. The normalized spacial score (nSPS) is 11.5. The summed E-state index contributed by atoms with van der Waals surface area (Å²) in [5.41, 5.74) is 13.1. The molecule has 1 nitrogen and oxygen atoms in total. The maximum Gasteiger partial charge on any atom is 3.00 e. The first-order valence-corrected chi connectivity index (χ1v) is 12.1. The zero-order valence-corrected chi connectivity index (χ0v) is 24.3. The van der Waals surface area contributed by atoms with E-state index in [2.05, 4.69) is 118 Å². The molecule has 6 rings (SSSR count). The third kappa shape index (κ3) is 5.11. The first-order chi connectivity index (χ1) is 16.6. The topological polar surface area (TPSA) is 14.1 Å². The van der Waals surface area contributed by atoms with Gasteiger partial charge in [0.15, 0.2) is 0 Å². The molecule has 0 heterocycles. The van der Waals surface area contributed by atoms with Gasteiger partial charge in [0, 0.05) is 5.92 Å². The standard InChI is InChI=1S/C33H28N.2ClH.Ti/c1-21-18-22(2)33(23(3)19-21)34-20-31-25-11-5-4-10-24(25)16-17-30(31)32-28-14-8-6-12-26(28)27-13-7-9-15-29(27)32;;;/h4-19,32H,20H2,1-3H3;2*1H;/q-1;;;+3/p-2. The molecule has 0 aromatic heterocycles. The number of hydrogen-bond acceptors (Lipinski definition) is 0. The molecule has 1 aliphatic rings. The Balaban J connectivity index is 0.00000127. The fraction of sp³-hybridized carbons (Fsp3) is 0.152. The number of halogens is 2. The van der Waals surface area contributed by atoms with Crippen LogP contribution in [0.15, 0.2) is 97.1 Å². The van der Waals surface area contributed by atoms with E-state index in [4.69, 9.17) is 5.32 Å². The number of rotatable bonds is 4. The monoisotopic (exact) mass is 556 g/mol. The van der Waals surface area contributed by atoms with E-state index < -0.39 is 0 Å². The van der Waals surface area contributed by atoms with Gasteiger partial charge in [0.25, 0.3) is 0 Å². The van der Waals surface area contributed by atoms with Crippen molar-refractivity contribution in [3.8, 4) is 11.1 Å². The molecule has 1 aliphatic carbocycles. The zero-order chi connectivity index (χ0) is 23.2. The van der Waals surface area contributed by atoms with E-state index in [0.717, 1.165) is 5.69 Å². The second kappa shape index (κ2) is 11.9. The Labute approximate surface area is 247 Å². The van der Waals surface area contributed by atoms with Gasteiger partial charge in [0.05, 0.1) is 0 Å². The molecular weight excluding hydrogens is 529 g/mol. The molecule has 183 valence electrons. The summed E-state index contributed by atoms with van der Waals surface area (Å²) in [6, 6.07) is 35.6. The minimum absolute atomic E-state index is 0. The molecule has 0 spiro atoms. The molecule has 0 unspecified atom stereocenters. The summed E-state index contributed by atoms with van der Waals surface area (Å²) in [4.78, 5) is 0. The molecule has 37 heavy (non-hydrogen) atoms. The van der Waals surface area contributed by atoms with Crippen LogP contribution < -0.4 is 24.8 Å². The van der Waals surface area contributed by atoms with Crippen LogP contribution in [0.4, 0.5) is 5.69 Å². The van der Waals surface area contributed by atoms with E-state index in [1.54, 1.807) is 0 Å². The van der Waals surface area contributed by atoms with Gasteiger partial charge in [-0.05, 0) is 59.4 Å². The van der Waals surface area contributed by atoms with E-state index in [1.165, 1.54) is 60.8 Å². The molecule has 0 bridgehead atoms. The average molecular weight is 557 g/mol. The fourth-order valence-electron chi connectivity index (χ4n) is 5.87. The van der Waals surface area contributed by atoms with Crippen molar-refractivity contribution in [3.05, 3.63) is 141 Å². The van der Waals surface area contributed by atoms with Crippen molar-refractivity contribution in [2.75, 3.05) is 0 Å². The van der Waals surface area contributed by atoms with Crippen molar-refractivity contribution in [3.63, 3.8) is 0 Å². The summed E-state index contributed by atoms with van der Waals surface area (Å²) >= 11 is 0. The van der Waals surface area contributed by atoms with Gasteiger partial charge in [-0.15, -0.1) is 12.2 Å². The van der Waals surface area contributed by atoms with Crippen molar-refractivity contribution in [1.29, 1.82) is 0 Å². The largest absolute Gasteiger partial charge is 3.00 e. The molecule has 0 atom stereocenters. The molecule has 1 radical (unpaired) electrons. The third-order valence-electron chi connectivity index (χ3n) is 7.25. The van der Waals surface area contributed by atoms with Crippen LogP contribution in [0.3, 0.4) is 0 Å². The zero-order valence-electron chi connectivity index (χ0n) is 21.2. The molecular formula is C33H28Cl2NTi. The van der Waals surface area contributed by atoms with Gasteiger partial charge in [-0.3, -0.25) is 0 Å². The van der Waals surface area contributed by atoms with Crippen molar-refractivity contribution >= 4 is 16.5 Å². The minimum atomic E-state index is 0. The molecule has 0 fully saturated rings. The van der Waals surface area contributed by atoms with Crippen LogP contribution in [0.5, 0.6) is 0 Å². The van der Waals surface area contributed by atoms with Gasteiger partial charge in [-0.25, -0.2) is 0 Å². The number of fused-ring (bicyclic) bond motifs is 4. The van der Waals surface area contributed by atoms with Gasteiger partial charge in [-0.2, -0.15) is 0 Å². The van der Waals surface area contributed by atoms with Crippen LogP contribution in [0.25, 0.3) is 27.2 Å². The Morgan fingerprint density at radius 3 is 1.78 bits per heavy atom. The second-order valence-corrected chi connectivity index (χ2v) is 9.53. The average Bonchev–Trinajstić information content (AvgIpc) is 3.18. The number of benzene rings is 5. The first kappa shape index (κ1) is 29.0. The van der Waals surface area contributed by atoms with Crippen molar-refractivity contribution in [1.82, 2.24) is 0 Å². The number of hydrogen-bond donors (Lipinski definition) is 0. The van der Waals surface area contributed by atoms with Crippen LogP contribution in [0, 0.1) is 20.8 Å². The van der Waals surface area contributed by atoms with Crippen molar-refractivity contribution in [2.45, 2.75) is 33.2 Å². The van der Waals surface area contributed by atoms with E-state index in [9.17, 15) is 0 Å². The van der Waals surface area contributed by atoms with Gasteiger partial charge < -0.3 is 30.1 Å². The summed E-state index contributed by atoms with van der Waals surface area (Å²) in [5.74, 6) is 0.224. The smallest absolute Gasteiger partial charge is 1.00 e. The predicted molar refractivity (Wildman–Crippen MR) is 144 cm³/mol. The molecule has 5 aromatic carbocycles. The quantitative estimate of drug-likeness (QED) is 0.296. The minimum Gasteiger partial charge on any atom is -1.00 e. The Bertz CT molecular complexity index is 1490. The van der Waals surface area contributed by atoms with Gasteiger partial charge in [0.2, 0.25) is 0 Å². The van der Waals surface area contributed by atoms with Crippen molar-refractivity contribution in [2.24, 2.45) is 0 Å². The summed E-state index contributed by atoms with van der Waals surface area (Å²) in [7, 11) is 0. The molecule has 5 aromatic rings. The summed E-state index contributed by atoms with van der Waals surface area (Å²) in [6.45, 7) is 7.17. The number of aryl methyl sites for hydroxylation is 3. The van der Waals surface area contributed by atoms with Crippen LogP contribution in [0.2, 0.25) is 0 Å². The molecule has 0 aliphatic heterocycles. The van der Waals surface area contributed by atoms with E-state index in [1.807, 2.05) is 0 Å². The SMILES string of the molecule is Cc1cc(C)c([N-]Cc2c(C3c4ccccc4-c4ccccc43)ccc3ccccc23)c(C)c1.[Cl-].[Cl-].[Ti+3]. The predicted octanol–water partition coefficient (Wildman–Crippen LogP) is 3.14. The Hall–Kier alpha value is -2.55. The van der Waals surface area contributed by atoms with Crippen LogP contribution in [-0.4, -0.2) is 0 Å². The summed E-state index contributed by atoms with van der Waals surface area (Å²) < 4.78 is 0. The van der Waals surface area contributed by atoms with E-state index >= 15 is 0 Å². The van der Waals surface area contributed by atoms with Crippen LogP contribution >= 0.6 is 0 Å². The van der Waals surface area contributed by atoms with Crippen LogP contribution in [0.1, 0.15) is 44.9 Å². The first-order valence-electron chi connectivity index (χ1n) is 12.1. The Kier molecular flexibility index (Phi) is 9.32. The third-order valence-corrected chi connectivity index (χ3v) is 7.25. The van der Waals surface area contributed by atoms with Gasteiger partial charge in [0.1, 0.15) is 0 Å². The molecule has 0 N–H and O–H groups in total. The molecule has 4 heteroatoms. The van der Waals surface area contributed by atoms with E-state index in [0.29, 0.717) is 6.54 Å².